The minimum Gasteiger partial charge on any atom is -0.494 e. The second kappa shape index (κ2) is 7.63. The molecule has 0 unspecified atom stereocenters. The lowest BCUT2D eigenvalue weighted by molar-refractivity contribution is 0.0689. The normalized spacial score (nSPS) is 18.4. The molecule has 2 aromatic rings. The molecule has 1 aliphatic rings. The van der Waals surface area contributed by atoms with E-state index in [1.54, 1.807) is 19.2 Å². The summed E-state index contributed by atoms with van der Waals surface area (Å²) in [5, 5.41) is 11.2. The Labute approximate surface area is 148 Å². The molecule has 2 atom stereocenters. The third kappa shape index (κ3) is 3.50. The molecular formula is C18H25N5O2. The molecule has 7 nitrogen and oxygen atoms in total. The number of methoxy groups -OCH3 is 1. The molecule has 7 heteroatoms. The van der Waals surface area contributed by atoms with Gasteiger partial charge < -0.3 is 9.64 Å². The van der Waals surface area contributed by atoms with E-state index >= 15 is 0 Å². The molecule has 0 N–H and O–H groups in total. The van der Waals surface area contributed by atoms with E-state index in [0.717, 1.165) is 32.2 Å². The summed E-state index contributed by atoms with van der Waals surface area (Å²) in [4.78, 5) is 15.1. The van der Waals surface area contributed by atoms with Gasteiger partial charge in [0, 0.05) is 18.2 Å². The summed E-state index contributed by atoms with van der Waals surface area (Å²) in [6.07, 6.45) is 5.94. The van der Waals surface area contributed by atoms with E-state index in [1.165, 1.54) is 11.0 Å². The van der Waals surface area contributed by atoms with Crippen LogP contribution in [0.25, 0.3) is 5.69 Å². The molecule has 3 rings (SSSR count). The lowest BCUT2D eigenvalue weighted by Crippen LogP contribution is -2.39. The zero-order valence-corrected chi connectivity index (χ0v) is 15.1. The molecule has 1 aromatic carbocycles. The number of hydrogen-bond donors (Lipinski definition) is 0. The summed E-state index contributed by atoms with van der Waals surface area (Å²) < 4.78 is 6.89. The molecule has 0 saturated carbocycles. The predicted molar refractivity (Wildman–Crippen MR) is 93.8 cm³/mol. The number of tetrazole rings is 1. The smallest absolute Gasteiger partial charge is 0.254 e. The Balaban J connectivity index is 1.88. The second-order valence-electron chi connectivity index (χ2n) is 6.62. The summed E-state index contributed by atoms with van der Waals surface area (Å²) >= 11 is 0. The summed E-state index contributed by atoms with van der Waals surface area (Å²) in [6, 6.07) is 5.74. The number of benzene rings is 1. The number of hydrogen-bond acceptors (Lipinski definition) is 5. The molecule has 1 aliphatic heterocycles. The SMILES string of the molecule is CCC[C@@H](C)[C@@H]1CCCN1C(=O)c1ccc(OC)c(-n2cnnn2)c1. The zero-order chi connectivity index (χ0) is 17.8. The van der Waals surface area contributed by atoms with Gasteiger partial charge in [-0.1, -0.05) is 20.3 Å². The average Bonchev–Trinajstić information content (AvgIpc) is 3.32. The van der Waals surface area contributed by atoms with E-state index in [4.69, 9.17) is 4.74 Å². The van der Waals surface area contributed by atoms with Gasteiger partial charge in [0.2, 0.25) is 0 Å². The van der Waals surface area contributed by atoms with Gasteiger partial charge in [-0.05, 0) is 53.8 Å². The van der Waals surface area contributed by atoms with Gasteiger partial charge in [-0.15, -0.1) is 5.10 Å². The Morgan fingerprint density at radius 2 is 2.28 bits per heavy atom. The van der Waals surface area contributed by atoms with Crippen LogP contribution in [0.4, 0.5) is 0 Å². The maximum absolute atomic E-state index is 13.1. The third-order valence-electron chi connectivity index (χ3n) is 4.98. The number of rotatable bonds is 6. The fourth-order valence-corrected chi connectivity index (χ4v) is 3.72. The van der Waals surface area contributed by atoms with Crippen LogP contribution in [0.5, 0.6) is 5.75 Å². The Bertz CT molecular complexity index is 716. The second-order valence-corrected chi connectivity index (χ2v) is 6.62. The van der Waals surface area contributed by atoms with E-state index in [9.17, 15) is 4.79 Å². The van der Waals surface area contributed by atoms with Gasteiger partial charge in [-0.2, -0.15) is 4.68 Å². The van der Waals surface area contributed by atoms with Gasteiger partial charge in [0.05, 0.1) is 7.11 Å². The molecule has 134 valence electrons. The third-order valence-corrected chi connectivity index (χ3v) is 4.98. The average molecular weight is 343 g/mol. The highest BCUT2D eigenvalue weighted by Gasteiger charge is 2.33. The van der Waals surface area contributed by atoms with Crippen LogP contribution in [0.3, 0.4) is 0 Å². The highest BCUT2D eigenvalue weighted by Crippen LogP contribution is 2.30. The molecule has 1 fully saturated rings. The van der Waals surface area contributed by atoms with E-state index in [-0.39, 0.29) is 5.91 Å². The number of aromatic nitrogens is 4. The number of likely N-dealkylation sites (tertiary alicyclic amines) is 1. The minimum absolute atomic E-state index is 0.0717. The standard InChI is InChI=1S/C18H25N5O2/c1-4-6-13(2)15-7-5-10-22(15)18(24)14-8-9-17(25-3)16(11-14)23-12-19-20-21-23/h8-9,11-13,15H,4-7,10H2,1-3H3/t13-,15+/m1/s1. The maximum Gasteiger partial charge on any atom is 0.254 e. The lowest BCUT2D eigenvalue weighted by Gasteiger charge is -2.30. The van der Waals surface area contributed by atoms with Crippen molar-refractivity contribution in [3.63, 3.8) is 0 Å². The summed E-state index contributed by atoms with van der Waals surface area (Å²) in [5.41, 5.74) is 1.30. The summed E-state index contributed by atoms with van der Waals surface area (Å²) in [5.74, 6) is 1.22. The van der Waals surface area contributed by atoms with Gasteiger partial charge >= 0.3 is 0 Å². The van der Waals surface area contributed by atoms with Crippen molar-refractivity contribution in [2.75, 3.05) is 13.7 Å². The quantitative estimate of drug-likeness (QED) is 0.806. The topological polar surface area (TPSA) is 73.1 Å². The summed E-state index contributed by atoms with van der Waals surface area (Å²) in [7, 11) is 1.59. The van der Waals surface area contributed by atoms with Crippen LogP contribution in [-0.2, 0) is 0 Å². The van der Waals surface area contributed by atoms with Crippen LogP contribution in [0.2, 0.25) is 0 Å². The number of carbonyl (C=O) groups is 1. The Hall–Kier alpha value is -2.44. The first kappa shape index (κ1) is 17.4. The highest BCUT2D eigenvalue weighted by molar-refractivity contribution is 5.95. The van der Waals surface area contributed by atoms with Crippen molar-refractivity contribution < 1.29 is 9.53 Å². The molecule has 0 spiro atoms. The monoisotopic (exact) mass is 343 g/mol. The number of carbonyl (C=O) groups excluding carboxylic acids is 1. The van der Waals surface area contributed by atoms with Crippen LogP contribution >= 0.6 is 0 Å². The molecular weight excluding hydrogens is 318 g/mol. The summed E-state index contributed by atoms with van der Waals surface area (Å²) in [6.45, 7) is 5.27. The van der Waals surface area contributed by atoms with Crippen molar-refractivity contribution in [2.24, 2.45) is 5.92 Å². The van der Waals surface area contributed by atoms with E-state index in [2.05, 4.69) is 29.4 Å². The van der Waals surface area contributed by atoms with Crippen molar-refractivity contribution in [3.8, 4) is 11.4 Å². The van der Waals surface area contributed by atoms with Crippen molar-refractivity contribution in [1.29, 1.82) is 0 Å². The zero-order valence-electron chi connectivity index (χ0n) is 15.1. The van der Waals surface area contributed by atoms with Crippen LogP contribution < -0.4 is 4.74 Å². The number of amides is 1. The van der Waals surface area contributed by atoms with Gasteiger partial charge in [0.15, 0.2) is 0 Å². The van der Waals surface area contributed by atoms with Crippen molar-refractivity contribution in [1.82, 2.24) is 25.1 Å². The molecule has 1 aromatic heterocycles. The molecule has 1 amide bonds. The molecule has 0 aliphatic carbocycles. The van der Waals surface area contributed by atoms with Crippen LogP contribution in [0.1, 0.15) is 49.9 Å². The van der Waals surface area contributed by atoms with Crippen molar-refractivity contribution >= 4 is 5.91 Å². The van der Waals surface area contributed by atoms with E-state index in [1.807, 2.05) is 11.0 Å². The Kier molecular flexibility index (Phi) is 5.31. The fraction of sp³-hybridized carbons (Fsp3) is 0.556. The fourth-order valence-electron chi connectivity index (χ4n) is 3.72. The largest absolute Gasteiger partial charge is 0.494 e. The van der Waals surface area contributed by atoms with E-state index < -0.39 is 0 Å². The number of nitrogens with zero attached hydrogens (tertiary/aromatic N) is 5. The van der Waals surface area contributed by atoms with Gasteiger partial charge in [0.1, 0.15) is 17.8 Å². The number of ether oxygens (including phenoxy) is 1. The Morgan fingerprint density at radius 1 is 1.44 bits per heavy atom. The predicted octanol–water partition coefficient (Wildman–Crippen LogP) is 2.71. The molecule has 0 radical (unpaired) electrons. The lowest BCUT2D eigenvalue weighted by atomic mass is 9.94. The Morgan fingerprint density at radius 3 is 2.96 bits per heavy atom. The first-order valence-electron chi connectivity index (χ1n) is 8.88. The first-order valence-corrected chi connectivity index (χ1v) is 8.88. The molecule has 25 heavy (non-hydrogen) atoms. The first-order chi connectivity index (χ1) is 12.2. The highest BCUT2D eigenvalue weighted by atomic mass is 16.5. The van der Waals surface area contributed by atoms with Crippen LogP contribution in [0, 0.1) is 5.92 Å². The minimum atomic E-state index is 0.0717. The van der Waals surface area contributed by atoms with Gasteiger partial charge in [-0.25, -0.2) is 0 Å². The maximum atomic E-state index is 13.1. The molecule has 2 heterocycles. The van der Waals surface area contributed by atoms with Gasteiger partial charge in [0.25, 0.3) is 5.91 Å². The van der Waals surface area contributed by atoms with Crippen molar-refractivity contribution in [2.45, 2.75) is 45.6 Å². The van der Waals surface area contributed by atoms with Crippen molar-refractivity contribution in [3.05, 3.63) is 30.1 Å². The molecule has 0 bridgehead atoms. The van der Waals surface area contributed by atoms with Gasteiger partial charge in [-0.3, -0.25) is 4.79 Å². The van der Waals surface area contributed by atoms with Crippen LogP contribution in [-0.4, -0.2) is 50.7 Å². The van der Waals surface area contributed by atoms with E-state index in [0.29, 0.717) is 29.0 Å². The molecule has 1 saturated heterocycles. The van der Waals surface area contributed by atoms with Crippen LogP contribution in [0.15, 0.2) is 24.5 Å².